The van der Waals surface area contributed by atoms with Gasteiger partial charge in [0, 0.05) is 10.7 Å². The quantitative estimate of drug-likeness (QED) is 0.892. The number of rotatable bonds is 3. The fraction of sp³-hybridized carbons (Fsp3) is 0.222. The van der Waals surface area contributed by atoms with Crippen LogP contribution in [0.4, 0.5) is 11.4 Å². The molecule has 2 aromatic rings. The number of benzene rings is 2. The minimum absolute atomic E-state index is 0.0783. The molecule has 0 aromatic heterocycles. The first-order chi connectivity index (χ1) is 11.4. The van der Waals surface area contributed by atoms with Gasteiger partial charge < -0.3 is 15.4 Å². The van der Waals surface area contributed by atoms with E-state index < -0.39 is 6.10 Å². The molecule has 1 heterocycles. The van der Waals surface area contributed by atoms with Gasteiger partial charge in [-0.15, -0.1) is 0 Å². The van der Waals surface area contributed by atoms with E-state index in [4.69, 9.17) is 16.3 Å². The number of hydrogen-bond acceptors (Lipinski definition) is 3. The van der Waals surface area contributed by atoms with Crippen molar-refractivity contribution in [3.05, 3.63) is 52.5 Å². The highest BCUT2D eigenvalue weighted by Gasteiger charge is 2.29. The molecule has 0 unspecified atom stereocenters. The van der Waals surface area contributed by atoms with Gasteiger partial charge in [0.2, 0.25) is 5.91 Å². The van der Waals surface area contributed by atoms with E-state index >= 15 is 0 Å². The predicted molar refractivity (Wildman–Crippen MR) is 93.7 cm³/mol. The summed E-state index contributed by atoms with van der Waals surface area (Å²) in [4.78, 5) is 24.4. The van der Waals surface area contributed by atoms with Crippen molar-refractivity contribution in [2.75, 3.05) is 10.6 Å². The maximum Gasteiger partial charge on any atom is 0.266 e. The zero-order valence-electron chi connectivity index (χ0n) is 13.4. The summed E-state index contributed by atoms with van der Waals surface area (Å²) in [7, 11) is 0. The average molecular weight is 345 g/mol. The minimum atomic E-state index is -0.861. The van der Waals surface area contributed by atoms with Crippen LogP contribution in [0.1, 0.15) is 17.5 Å². The second kappa shape index (κ2) is 6.53. The van der Waals surface area contributed by atoms with Crippen molar-refractivity contribution in [3.63, 3.8) is 0 Å². The van der Waals surface area contributed by atoms with Crippen molar-refractivity contribution < 1.29 is 14.3 Å². The number of carbonyl (C=O) groups is 2. The molecule has 0 saturated heterocycles. The zero-order chi connectivity index (χ0) is 17.3. The minimum Gasteiger partial charge on any atom is -0.478 e. The summed E-state index contributed by atoms with van der Waals surface area (Å²) in [6, 6.07) is 10.8. The molecule has 2 aromatic carbocycles. The topological polar surface area (TPSA) is 67.4 Å². The van der Waals surface area contributed by atoms with E-state index in [-0.39, 0.29) is 18.2 Å². The molecule has 0 radical (unpaired) electrons. The Morgan fingerprint density at radius 3 is 2.83 bits per heavy atom. The molecule has 6 heteroatoms. The third-order valence-electron chi connectivity index (χ3n) is 3.80. The Morgan fingerprint density at radius 1 is 1.25 bits per heavy atom. The van der Waals surface area contributed by atoms with Gasteiger partial charge in [-0.2, -0.15) is 0 Å². The van der Waals surface area contributed by atoms with E-state index in [1.165, 1.54) is 0 Å². The summed E-state index contributed by atoms with van der Waals surface area (Å²) in [6.07, 6.45) is -0.940. The maximum atomic E-state index is 12.2. The molecule has 3 rings (SSSR count). The molecule has 1 aliphatic rings. The molecule has 0 fully saturated rings. The number of anilines is 2. The number of amides is 2. The zero-order valence-corrected chi connectivity index (χ0v) is 14.1. The van der Waals surface area contributed by atoms with Crippen molar-refractivity contribution in [1.29, 1.82) is 0 Å². The van der Waals surface area contributed by atoms with E-state index in [1.807, 2.05) is 32.0 Å². The second-order valence-corrected chi connectivity index (χ2v) is 6.24. The van der Waals surface area contributed by atoms with Crippen LogP contribution in [-0.4, -0.2) is 17.9 Å². The van der Waals surface area contributed by atoms with E-state index in [1.54, 1.807) is 18.2 Å². The Labute approximate surface area is 145 Å². The fourth-order valence-corrected chi connectivity index (χ4v) is 2.67. The van der Waals surface area contributed by atoms with E-state index in [9.17, 15) is 9.59 Å². The third-order valence-corrected chi connectivity index (χ3v) is 4.03. The van der Waals surface area contributed by atoms with Gasteiger partial charge in [-0.05, 0) is 49.2 Å². The highest BCUT2D eigenvalue weighted by Crippen LogP contribution is 2.31. The van der Waals surface area contributed by atoms with Gasteiger partial charge in [-0.25, -0.2) is 0 Å². The molecule has 0 spiro atoms. The largest absolute Gasteiger partial charge is 0.478 e. The highest BCUT2D eigenvalue weighted by molar-refractivity contribution is 6.31. The molecule has 0 saturated carbocycles. The fourth-order valence-electron chi connectivity index (χ4n) is 2.50. The third kappa shape index (κ3) is 3.51. The van der Waals surface area contributed by atoms with Gasteiger partial charge in [0.05, 0.1) is 12.1 Å². The van der Waals surface area contributed by atoms with E-state index in [0.29, 0.717) is 22.1 Å². The molecule has 1 aliphatic heterocycles. The average Bonchev–Trinajstić information content (AvgIpc) is 2.52. The smallest absolute Gasteiger partial charge is 0.266 e. The number of fused-ring (bicyclic) bond motifs is 1. The Balaban J connectivity index is 1.69. The summed E-state index contributed by atoms with van der Waals surface area (Å²) in [6.45, 7) is 3.80. The van der Waals surface area contributed by atoms with Crippen molar-refractivity contribution in [1.82, 2.24) is 0 Å². The summed E-state index contributed by atoms with van der Waals surface area (Å²) in [5.41, 5.74) is 3.16. The lowest BCUT2D eigenvalue weighted by molar-refractivity contribution is -0.128. The highest BCUT2D eigenvalue weighted by atomic mass is 35.5. The first-order valence-corrected chi connectivity index (χ1v) is 7.94. The lowest BCUT2D eigenvalue weighted by atomic mass is 10.1. The molecule has 24 heavy (non-hydrogen) atoms. The van der Waals surface area contributed by atoms with Gasteiger partial charge in [0.25, 0.3) is 5.91 Å². The standard InChI is InChI=1S/C18H17ClN2O3/c1-10-3-6-15-14(7-10)21-18(23)16(24-15)9-17(22)20-13-8-12(19)5-4-11(13)2/h3-8,16H,9H2,1-2H3,(H,20,22)(H,21,23)/t16-/m0/s1. The van der Waals surface area contributed by atoms with Crippen LogP contribution in [0, 0.1) is 13.8 Å². The molecule has 2 amide bonds. The van der Waals surface area contributed by atoms with Crippen LogP contribution in [0.2, 0.25) is 5.02 Å². The monoisotopic (exact) mass is 344 g/mol. The normalized spacial score (nSPS) is 16.0. The Morgan fingerprint density at radius 2 is 2.04 bits per heavy atom. The van der Waals surface area contributed by atoms with Crippen LogP contribution in [0.15, 0.2) is 36.4 Å². The number of hydrogen-bond donors (Lipinski definition) is 2. The van der Waals surface area contributed by atoms with Crippen LogP contribution >= 0.6 is 11.6 Å². The molecule has 0 bridgehead atoms. The van der Waals surface area contributed by atoms with Crippen molar-refractivity contribution in [2.45, 2.75) is 26.4 Å². The van der Waals surface area contributed by atoms with E-state index in [2.05, 4.69) is 10.6 Å². The van der Waals surface area contributed by atoms with Gasteiger partial charge in [-0.3, -0.25) is 9.59 Å². The van der Waals surface area contributed by atoms with Crippen molar-refractivity contribution >= 4 is 34.8 Å². The van der Waals surface area contributed by atoms with Crippen LogP contribution in [0.25, 0.3) is 0 Å². The number of halogens is 1. The molecule has 0 aliphatic carbocycles. The SMILES string of the molecule is Cc1ccc2c(c1)NC(=O)[C@H](CC(=O)Nc1cc(Cl)ccc1C)O2. The number of aryl methyl sites for hydroxylation is 2. The first kappa shape index (κ1) is 16.3. The predicted octanol–water partition coefficient (Wildman–Crippen LogP) is 3.69. The van der Waals surface area contributed by atoms with Gasteiger partial charge >= 0.3 is 0 Å². The lowest BCUT2D eigenvalue weighted by Crippen LogP contribution is -2.39. The first-order valence-electron chi connectivity index (χ1n) is 7.56. The Hall–Kier alpha value is -2.53. The van der Waals surface area contributed by atoms with Crippen LogP contribution in [0.5, 0.6) is 5.75 Å². The number of carbonyl (C=O) groups excluding carboxylic acids is 2. The Bertz CT molecular complexity index is 820. The summed E-state index contributed by atoms with van der Waals surface area (Å²) < 4.78 is 5.66. The molecule has 1 atom stereocenters. The van der Waals surface area contributed by atoms with Gasteiger partial charge in [0.1, 0.15) is 5.75 Å². The molecular weight excluding hydrogens is 328 g/mol. The maximum absolute atomic E-state index is 12.2. The Kier molecular flexibility index (Phi) is 4.44. The van der Waals surface area contributed by atoms with Crippen LogP contribution in [0.3, 0.4) is 0 Å². The van der Waals surface area contributed by atoms with Gasteiger partial charge in [-0.1, -0.05) is 23.7 Å². The molecular formula is C18H17ClN2O3. The van der Waals surface area contributed by atoms with Gasteiger partial charge in [0.15, 0.2) is 6.10 Å². The number of ether oxygens (including phenoxy) is 1. The summed E-state index contributed by atoms with van der Waals surface area (Å²) >= 11 is 5.94. The van der Waals surface area contributed by atoms with Crippen LogP contribution < -0.4 is 15.4 Å². The molecule has 124 valence electrons. The lowest BCUT2D eigenvalue weighted by Gasteiger charge is -2.25. The van der Waals surface area contributed by atoms with E-state index in [0.717, 1.165) is 11.1 Å². The molecule has 2 N–H and O–H groups in total. The molecule has 5 nitrogen and oxygen atoms in total. The second-order valence-electron chi connectivity index (χ2n) is 5.81. The van der Waals surface area contributed by atoms with Crippen molar-refractivity contribution in [2.24, 2.45) is 0 Å². The van der Waals surface area contributed by atoms with Crippen molar-refractivity contribution in [3.8, 4) is 5.75 Å². The summed E-state index contributed by atoms with van der Waals surface area (Å²) in [5.74, 6) is -0.0703. The number of nitrogens with one attached hydrogen (secondary N) is 2. The summed E-state index contributed by atoms with van der Waals surface area (Å²) in [5, 5.41) is 6.08. The van der Waals surface area contributed by atoms with Crippen LogP contribution in [-0.2, 0) is 9.59 Å².